The zero-order chi connectivity index (χ0) is 11.5. The normalized spacial score (nSPS) is 17.2. The molecule has 0 unspecified atom stereocenters. The molecule has 1 amide bonds. The molecule has 1 aromatic carbocycles. The number of methoxy groups -OCH3 is 1. The number of amides is 1. The van der Waals surface area contributed by atoms with E-state index in [4.69, 9.17) is 4.74 Å². The largest absolute Gasteiger partial charge is 0.496 e. The van der Waals surface area contributed by atoms with E-state index in [0.29, 0.717) is 11.5 Å². The van der Waals surface area contributed by atoms with Crippen LogP contribution in [0.5, 0.6) is 5.75 Å². The van der Waals surface area contributed by atoms with E-state index in [2.05, 4.69) is 10.3 Å². The van der Waals surface area contributed by atoms with Gasteiger partial charge in [0.15, 0.2) is 0 Å². The molecule has 1 aliphatic heterocycles. The molecule has 0 aliphatic carbocycles. The molecule has 4 heteroatoms. The number of carbonyl (C=O) groups excluding carboxylic acids is 1. The summed E-state index contributed by atoms with van der Waals surface area (Å²) in [5.74, 6) is 1.16. The summed E-state index contributed by atoms with van der Waals surface area (Å²) in [6.45, 7) is 1.75. The Morgan fingerprint density at radius 2 is 2.12 bits per heavy atom. The molecule has 0 radical (unpaired) electrons. The minimum atomic E-state index is -0.177. The van der Waals surface area contributed by atoms with Crippen LogP contribution >= 0.6 is 0 Å². The molecule has 0 spiro atoms. The van der Waals surface area contributed by atoms with Gasteiger partial charge < -0.3 is 10.1 Å². The molecule has 0 saturated heterocycles. The van der Waals surface area contributed by atoms with E-state index in [0.717, 1.165) is 11.3 Å². The average Bonchev–Trinajstić information content (AvgIpc) is 2.58. The summed E-state index contributed by atoms with van der Waals surface area (Å²) in [6.07, 6.45) is 1.71. The lowest BCUT2D eigenvalue weighted by Gasteiger charge is -2.03. The Balaban J connectivity index is 2.39. The number of ether oxygens (including phenoxy) is 1. The molecule has 0 atom stereocenters. The van der Waals surface area contributed by atoms with E-state index in [1.54, 1.807) is 20.1 Å². The Kier molecular flexibility index (Phi) is 2.72. The molecular formula is C12H12N2O2. The van der Waals surface area contributed by atoms with Crippen LogP contribution < -0.4 is 10.1 Å². The van der Waals surface area contributed by atoms with Crippen LogP contribution in [0.15, 0.2) is 35.0 Å². The number of benzene rings is 1. The quantitative estimate of drug-likeness (QED) is 0.763. The van der Waals surface area contributed by atoms with E-state index in [9.17, 15) is 4.79 Å². The molecule has 0 aromatic heterocycles. The van der Waals surface area contributed by atoms with Crippen molar-refractivity contribution in [2.45, 2.75) is 6.92 Å². The summed E-state index contributed by atoms with van der Waals surface area (Å²) in [6, 6.07) is 7.49. The van der Waals surface area contributed by atoms with Gasteiger partial charge in [-0.25, -0.2) is 4.99 Å². The van der Waals surface area contributed by atoms with Gasteiger partial charge in [-0.2, -0.15) is 0 Å². The third-order valence-corrected chi connectivity index (χ3v) is 2.25. The fourth-order valence-electron chi connectivity index (χ4n) is 1.52. The van der Waals surface area contributed by atoms with Crippen molar-refractivity contribution in [3.8, 4) is 5.75 Å². The first kappa shape index (κ1) is 10.4. The number of amidine groups is 1. The molecular weight excluding hydrogens is 204 g/mol. The first-order valence-corrected chi connectivity index (χ1v) is 4.92. The van der Waals surface area contributed by atoms with Crippen molar-refractivity contribution in [1.82, 2.24) is 5.32 Å². The molecule has 1 aliphatic rings. The van der Waals surface area contributed by atoms with Gasteiger partial charge in [0.05, 0.1) is 7.11 Å². The summed E-state index contributed by atoms with van der Waals surface area (Å²) in [5.41, 5.74) is 1.25. The summed E-state index contributed by atoms with van der Waals surface area (Å²) >= 11 is 0. The number of hydrogen-bond donors (Lipinski definition) is 1. The zero-order valence-corrected chi connectivity index (χ0v) is 9.15. The zero-order valence-electron chi connectivity index (χ0n) is 9.15. The van der Waals surface area contributed by atoms with E-state index < -0.39 is 0 Å². The molecule has 0 fully saturated rings. The van der Waals surface area contributed by atoms with Gasteiger partial charge in [-0.15, -0.1) is 0 Å². The van der Waals surface area contributed by atoms with Crippen LogP contribution in [-0.4, -0.2) is 18.9 Å². The Hall–Kier alpha value is -2.10. The fraction of sp³-hybridized carbons (Fsp3) is 0.167. The van der Waals surface area contributed by atoms with Crippen LogP contribution in [0.4, 0.5) is 0 Å². The topological polar surface area (TPSA) is 50.7 Å². The number of hydrogen-bond acceptors (Lipinski definition) is 3. The first-order chi connectivity index (χ1) is 7.70. The van der Waals surface area contributed by atoms with E-state index in [1.165, 1.54) is 0 Å². The molecule has 0 saturated carbocycles. The second kappa shape index (κ2) is 4.18. The van der Waals surface area contributed by atoms with E-state index in [-0.39, 0.29) is 5.91 Å². The van der Waals surface area contributed by atoms with Gasteiger partial charge in [-0.05, 0) is 19.1 Å². The van der Waals surface area contributed by atoms with Crippen LogP contribution in [0.3, 0.4) is 0 Å². The second-order valence-corrected chi connectivity index (χ2v) is 3.42. The van der Waals surface area contributed by atoms with Gasteiger partial charge in [-0.1, -0.05) is 18.2 Å². The third-order valence-electron chi connectivity index (χ3n) is 2.25. The number of rotatable bonds is 2. The van der Waals surface area contributed by atoms with Gasteiger partial charge in [0.1, 0.15) is 17.3 Å². The highest BCUT2D eigenvalue weighted by Crippen LogP contribution is 2.21. The number of nitrogens with zero attached hydrogens (tertiary/aromatic N) is 1. The van der Waals surface area contributed by atoms with Crippen molar-refractivity contribution in [2.75, 3.05) is 7.11 Å². The molecule has 2 rings (SSSR count). The van der Waals surface area contributed by atoms with Crippen LogP contribution in [0.2, 0.25) is 0 Å². The maximum absolute atomic E-state index is 11.5. The minimum Gasteiger partial charge on any atom is -0.496 e. The van der Waals surface area contributed by atoms with Crippen molar-refractivity contribution in [3.63, 3.8) is 0 Å². The summed E-state index contributed by atoms with van der Waals surface area (Å²) in [7, 11) is 1.60. The molecule has 1 aromatic rings. The van der Waals surface area contributed by atoms with Gasteiger partial charge in [0.2, 0.25) is 0 Å². The number of aliphatic imine (C=N–C) groups is 1. The summed E-state index contributed by atoms with van der Waals surface area (Å²) in [5, 5.41) is 2.63. The van der Waals surface area contributed by atoms with Crippen LogP contribution in [0, 0.1) is 0 Å². The highest BCUT2D eigenvalue weighted by atomic mass is 16.5. The van der Waals surface area contributed by atoms with Crippen molar-refractivity contribution in [1.29, 1.82) is 0 Å². The lowest BCUT2D eigenvalue weighted by Crippen LogP contribution is -2.21. The van der Waals surface area contributed by atoms with E-state index in [1.807, 2.05) is 24.3 Å². The summed E-state index contributed by atoms with van der Waals surface area (Å²) in [4.78, 5) is 15.6. The highest BCUT2D eigenvalue weighted by Gasteiger charge is 2.17. The predicted octanol–water partition coefficient (Wildman–Crippen LogP) is 1.58. The SMILES string of the molecule is COc1ccccc1/C=C1\N=C(C)NC1=O. The number of carbonyl (C=O) groups is 1. The maximum atomic E-state index is 11.5. The van der Waals surface area contributed by atoms with Crippen molar-refractivity contribution in [3.05, 3.63) is 35.5 Å². The lowest BCUT2D eigenvalue weighted by atomic mass is 10.1. The minimum absolute atomic E-state index is 0.177. The van der Waals surface area contributed by atoms with E-state index >= 15 is 0 Å². The van der Waals surface area contributed by atoms with Gasteiger partial charge in [0.25, 0.3) is 5.91 Å². The number of para-hydroxylation sites is 1. The molecule has 1 N–H and O–H groups in total. The van der Waals surface area contributed by atoms with Crippen molar-refractivity contribution >= 4 is 17.8 Å². The summed E-state index contributed by atoms with van der Waals surface area (Å²) < 4.78 is 5.19. The van der Waals surface area contributed by atoms with Crippen molar-refractivity contribution in [2.24, 2.45) is 4.99 Å². The standard InChI is InChI=1S/C12H12N2O2/c1-8-13-10(12(15)14-8)7-9-5-3-4-6-11(9)16-2/h3-7H,1-2H3,(H,13,14,15)/b10-7-. The van der Waals surface area contributed by atoms with Gasteiger partial charge >= 0.3 is 0 Å². The molecule has 1 heterocycles. The highest BCUT2D eigenvalue weighted by molar-refractivity contribution is 6.13. The Labute approximate surface area is 93.6 Å². The third kappa shape index (κ3) is 1.95. The molecule has 4 nitrogen and oxygen atoms in total. The Morgan fingerprint density at radius 3 is 2.75 bits per heavy atom. The smallest absolute Gasteiger partial charge is 0.275 e. The molecule has 0 bridgehead atoms. The monoisotopic (exact) mass is 216 g/mol. The Bertz CT molecular complexity index is 490. The fourth-order valence-corrected chi connectivity index (χ4v) is 1.52. The lowest BCUT2D eigenvalue weighted by molar-refractivity contribution is -0.115. The van der Waals surface area contributed by atoms with Crippen molar-refractivity contribution < 1.29 is 9.53 Å². The average molecular weight is 216 g/mol. The molecule has 16 heavy (non-hydrogen) atoms. The number of nitrogens with one attached hydrogen (secondary N) is 1. The second-order valence-electron chi connectivity index (χ2n) is 3.42. The van der Waals surface area contributed by atoms with Crippen LogP contribution in [0.1, 0.15) is 12.5 Å². The Morgan fingerprint density at radius 1 is 1.38 bits per heavy atom. The molecule has 82 valence electrons. The maximum Gasteiger partial charge on any atom is 0.275 e. The van der Waals surface area contributed by atoms with Gasteiger partial charge in [-0.3, -0.25) is 4.79 Å². The van der Waals surface area contributed by atoms with Crippen LogP contribution in [-0.2, 0) is 4.79 Å². The van der Waals surface area contributed by atoms with Crippen LogP contribution in [0.25, 0.3) is 6.08 Å². The van der Waals surface area contributed by atoms with Gasteiger partial charge in [0, 0.05) is 5.56 Å². The first-order valence-electron chi connectivity index (χ1n) is 4.92. The predicted molar refractivity (Wildman–Crippen MR) is 62.2 cm³/mol.